The molecule has 0 aromatic rings. The summed E-state index contributed by atoms with van der Waals surface area (Å²) in [4.78, 5) is 0. The Morgan fingerprint density at radius 3 is 0.294 bits per heavy atom. The standard InChI is InChI=1S/C18H54O25Si8/c1-19-44(20-2,21-3)37-46(25-7,26-8)39-48(29-11,30-12)41-50(33-15,34-16)43-51(35-17,36-18)42-49(31-13,32-14)40-47(27-9,28-10)38-45(22-4,23-5)24-6/h1-18H3. The van der Waals surface area contributed by atoms with E-state index in [0.717, 1.165) is 0 Å². The Hall–Kier alpha value is 0.735. The third-order valence-corrected chi connectivity index (χ3v) is 29.3. The minimum absolute atomic E-state index is 1.18. The van der Waals surface area contributed by atoms with Crippen molar-refractivity contribution in [2.45, 2.75) is 0 Å². The monoisotopic (exact) mass is 894 g/mol. The summed E-state index contributed by atoms with van der Waals surface area (Å²) in [6.07, 6.45) is 0. The van der Waals surface area contributed by atoms with Crippen molar-refractivity contribution >= 4 is 72.4 Å². The molecular formula is C18H54O25Si8. The maximum absolute atomic E-state index is 6.22. The SMILES string of the molecule is CO[Si](OC)(OC)O[Si](OC)(OC)O[Si](OC)(OC)O[Si](OC)(OC)O[Si](OC)(OC)O[Si](OC)(OC)O[Si](OC)(OC)O[Si](OC)(OC)OC. The van der Waals surface area contributed by atoms with Crippen molar-refractivity contribution < 1.29 is 108 Å². The van der Waals surface area contributed by atoms with Gasteiger partial charge in [-0.05, 0) is 0 Å². The molecule has 0 amide bonds. The molecule has 0 atom stereocenters. The Kier molecular flexibility index (Phi) is 23.4. The van der Waals surface area contributed by atoms with Gasteiger partial charge >= 0.3 is 72.4 Å². The van der Waals surface area contributed by atoms with E-state index >= 15 is 0 Å². The van der Waals surface area contributed by atoms with E-state index in [4.69, 9.17) is 108 Å². The quantitative estimate of drug-likeness (QED) is 0.0680. The van der Waals surface area contributed by atoms with Gasteiger partial charge in [-0.15, -0.1) is 0 Å². The molecule has 0 saturated heterocycles. The second-order valence-electron chi connectivity index (χ2n) is 8.39. The van der Waals surface area contributed by atoms with Gasteiger partial charge < -0.3 is 108 Å². The maximum atomic E-state index is 6.22. The second-order valence-corrected chi connectivity index (χ2v) is 29.5. The lowest BCUT2D eigenvalue weighted by molar-refractivity contribution is -0.0717. The Labute approximate surface area is 308 Å². The number of hydrogen-bond acceptors (Lipinski definition) is 25. The highest BCUT2D eigenvalue weighted by Crippen LogP contribution is 2.32. The average molecular weight is 895 g/mol. The minimum atomic E-state index is -4.70. The van der Waals surface area contributed by atoms with E-state index in [9.17, 15) is 0 Å². The topological polar surface area (TPSA) is 231 Å². The van der Waals surface area contributed by atoms with Gasteiger partial charge in [0.15, 0.2) is 0 Å². The van der Waals surface area contributed by atoms with Crippen molar-refractivity contribution in [1.29, 1.82) is 0 Å². The number of rotatable bonds is 32. The van der Waals surface area contributed by atoms with Crippen LogP contribution in [0.25, 0.3) is 0 Å². The Morgan fingerprint density at radius 2 is 0.216 bits per heavy atom. The lowest BCUT2D eigenvalue weighted by Crippen LogP contribution is -2.73. The van der Waals surface area contributed by atoms with Gasteiger partial charge in [-0.1, -0.05) is 0 Å². The number of hydrogen-bond donors (Lipinski definition) is 0. The predicted octanol–water partition coefficient (Wildman–Crippen LogP) is -1.78. The zero-order chi connectivity index (χ0) is 39.7. The lowest BCUT2D eigenvalue weighted by Gasteiger charge is -2.41. The molecule has 0 aliphatic rings. The van der Waals surface area contributed by atoms with E-state index in [2.05, 4.69) is 0 Å². The molecule has 33 heteroatoms. The van der Waals surface area contributed by atoms with Crippen molar-refractivity contribution in [3.63, 3.8) is 0 Å². The molecule has 0 fully saturated rings. The van der Waals surface area contributed by atoms with Crippen LogP contribution in [0.4, 0.5) is 0 Å². The minimum Gasteiger partial charge on any atom is -0.355 e. The molecule has 0 aliphatic carbocycles. The first-order valence-corrected chi connectivity index (χ1v) is 26.9. The Balaban J connectivity index is 7.10. The van der Waals surface area contributed by atoms with Crippen LogP contribution in [0.5, 0.6) is 0 Å². The molecule has 0 unspecified atom stereocenters. The van der Waals surface area contributed by atoms with Crippen LogP contribution in [0.1, 0.15) is 0 Å². The van der Waals surface area contributed by atoms with Gasteiger partial charge in [0.05, 0.1) is 0 Å². The fraction of sp³-hybridized carbons (Fsp3) is 1.00. The molecule has 0 aromatic carbocycles. The second kappa shape index (κ2) is 23.1. The fourth-order valence-corrected chi connectivity index (χ4v) is 27.3. The normalized spacial score (nSPS) is 14.5. The van der Waals surface area contributed by atoms with E-state index < -0.39 is 72.4 Å². The molecule has 0 N–H and O–H groups in total. The van der Waals surface area contributed by atoms with E-state index in [1.807, 2.05) is 0 Å². The van der Waals surface area contributed by atoms with Gasteiger partial charge in [0.2, 0.25) is 0 Å². The van der Waals surface area contributed by atoms with Gasteiger partial charge in [0.25, 0.3) is 0 Å². The van der Waals surface area contributed by atoms with Crippen LogP contribution in [0.2, 0.25) is 0 Å². The van der Waals surface area contributed by atoms with Gasteiger partial charge in [-0.3, -0.25) is 0 Å². The van der Waals surface area contributed by atoms with Gasteiger partial charge in [0, 0.05) is 128 Å². The third-order valence-electron chi connectivity index (χ3n) is 6.25. The first-order valence-electron chi connectivity index (χ1n) is 13.9. The molecular weight excluding hydrogens is 841 g/mol. The maximum Gasteiger partial charge on any atom is 0.673 e. The van der Waals surface area contributed by atoms with Gasteiger partial charge in [-0.25, -0.2) is 0 Å². The molecule has 51 heavy (non-hydrogen) atoms. The summed E-state index contributed by atoms with van der Waals surface area (Å²) < 4.78 is 142. The largest absolute Gasteiger partial charge is 0.673 e. The zero-order valence-corrected chi connectivity index (χ0v) is 40.2. The summed E-state index contributed by atoms with van der Waals surface area (Å²) in [5, 5.41) is 0. The van der Waals surface area contributed by atoms with Crippen LogP contribution < -0.4 is 0 Å². The molecule has 308 valence electrons. The van der Waals surface area contributed by atoms with E-state index in [0.29, 0.717) is 0 Å². The van der Waals surface area contributed by atoms with Crippen LogP contribution in [0.3, 0.4) is 0 Å². The zero-order valence-electron chi connectivity index (χ0n) is 32.2. The summed E-state index contributed by atoms with van der Waals surface area (Å²) >= 11 is 0. The van der Waals surface area contributed by atoms with Crippen molar-refractivity contribution in [3.05, 3.63) is 0 Å². The van der Waals surface area contributed by atoms with Crippen molar-refractivity contribution in [3.8, 4) is 0 Å². The first kappa shape index (κ1) is 51.7. The predicted molar refractivity (Wildman–Crippen MR) is 180 cm³/mol. The van der Waals surface area contributed by atoms with Crippen LogP contribution >= 0.6 is 0 Å². The summed E-state index contributed by atoms with van der Waals surface area (Å²) in [7, 11) is -13.2. The smallest absolute Gasteiger partial charge is 0.355 e. The summed E-state index contributed by atoms with van der Waals surface area (Å²) in [6, 6.07) is 0. The van der Waals surface area contributed by atoms with Crippen LogP contribution in [0, 0.1) is 0 Å². The third kappa shape index (κ3) is 12.9. The van der Waals surface area contributed by atoms with Gasteiger partial charge in [-0.2, -0.15) is 0 Å². The molecule has 0 aliphatic heterocycles. The summed E-state index contributed by atoms with van der Waals surface area (Å²) in [5.74, 6) is 0. The van der Waals surface area contributed by atoms with Crippen LogP contribution in [0.15, 0.2) is 0 Å². The average Bonchev–Trinajstić information content (AvgIpc) is 3.20. The molecule has 25 nitrogen and oxygen atoms in total. The van der Waals surface area contributed by atoms with E-state index in [-0.39, 0.29) is 0 Å². The Morgan fingerprint density at radius 1 is 0.137 bits per heavy atom. The molecule has 0 saturated carbocycles. The molecule has 0 spiro atoms. The molecule has 0 bridgehead atoms. The van der Waals surface area contributed by atoms with E-state index in [1.165, 1.54) is 128 Å². The molecule has 0 rings (SSSR count). The highest BCUT2D eigenvalue weighted by molar-refractivity contribution is 6.82. The lowest BCUT2D eigenvalue weighted by atomic mass is 11.8. The molecule has 0 heterocycles. The van der Waals surface area contributed by atoms with Gasteiger partial charge in [0.1, 0.15) is 0 Å². The molecule has 0 radical (unpaired) electrons. The van der Waals surface area contributed by atoms with E-state index in [1.54, 1.807) is 0 Å². The van der Waals surface area contributed by atoms with Crippen LogP contribution in [-0.4, -0.2) is 200 Å². The first-order chi connectivity index (χ1) is 24.0. The van der Waals surface area contributed by atoms with Crippen molar-refractivity contribution in [2.24, 2.45) is 0 Å². The van der Waals surface area contributed by atoms with Crippen molar-refractivity contribution in [2.75, 3.05) is 128 Å². The highest BCUT2D eigenvalue weighted by Gasteiger charge is 2.73. The molecule has 0 aromatic heterocycles. The highest BCUT2D eigenvalue weighted by atomic mass is 28.6. The summed E-state index contributed by atoms with van der Waals surface area (Å²) in [5.41, 5.74) is 0. The summed E-state index contributed by atoms with van der Waals surface area (Å²) in [6.45, 7) is 0. The fourth-order valence-electron chi connectivity index (χ4n) is 3.45. The Bertz CT molecular complexity index is 841. The van der Waals surface area contributed by atoms with Crippen LogP contribution in [-0.2, 0) is 108 Å². The van der Waals surface area contributed by atoms with Crippen molar-refractivity contribution in [1.82, 2.24) is 0 Å².